The molecule has 20 heavy (non-hydrogen) atoms. The van der Waals surface area contributed by atoms with Gasteiger partial charge in [0.2, 0.25) is 0 Å². The summed E-state index contributed by atoms with van der Waals surface area (Å²) in [7, 11) is 2.31. The van der Waals surface area contributed by atoms with E-state index in [1.54, 1.807) is 0 Å². The van der Waals surface area contributed by atoms with Gasteiger partial charge in [0.1, 0.15) is 0 Å². The van der Waals surface area contributed by atoms with E-state index in [4.69, 9.17) is 0 Å². The van der Waals surface area contributed by atoms with E-state index in [1.165, 1.54) is 58.2 Å². The minimum absolute atomic E-state index is 0.232. The Hall–Kier alpha value is -0.0800. The van der Waals surface area contributed by atoms with Gasteiger partial charge in [-0.3, -0.25) is 0 Å². The molecule has 0 aromatic rings. The van der Waals surface area contributed by atoms with Crippen LogP contribution in [0.3, 0.4) is 0 Å². The summed E-state index contributed by atoms with van der Waals surface area (Å²) in [4.78, 5) is 2.57. The molecule has 1 N–H and O–H groups in total. The van der Waals surface area contributed by atoms with Crippen LogP contribution in [-0.2, 0) is 0 Å². The van der Waals surface area contributed by atoms with Crippen molar-refractivity contribution in [3.63, 3.8) is 0 Å². The average Bonchev–Trinajstić information content (AvgIpc) is 2.51. The van der Waals surface area contributed by atoms with Gasteiger partial charge in [-0.05, 0) is 52.0 Å². The standard InChI is InChI=1S/C18H38N2/c1-16(2)13-20(6)15-18(14-19-17(3,4)5)11-9-7-8-10-12-18/h16,19H,7-15H2,1-6H3. The van der Waals surface area contributed by atoms with Crippen molar-refractivity contribution in [3.05, 3.63) is 0 Å². The van der Waals surface area contributed by atoms with E-state index in [0.29, 0.717) is 5.41 Å². The molecule has 1 aliphatic rings. The molecule has 0 bridgehead atoms. The number of hydrogen-bond acceptors (Lipinski definition) is 2. The molecule has 0 atom stereocenters. The Balaban J connectivity index is 2.67. The predicted molar refractivity (Wildman–Crippen MR) is 90.2 cm³/mol. The third-order valence-electron chi connectivity index (χ3n) is 4.44. The van der Waals surface area contributed by atoms with Gasteiger partial charge in [0.15, 0.2) is 0 Å². The Morgan fingerprint density at radius 2 is 1.60 bits per heavy atom. The van der Waals surface area contributed by atoms with Crippen LogP contribution in [0.1, 0.15) is 73.1 Å². The summed E-state index contributed by atoms with van der Waals surface area (Å²) in [5.74, 6) is 0.762. The van der Waals surface area contributed by atoms with Gasteiger partial charge in [0, 0.05) is 25.2 Å². The number of rotatable bonds is 6. The predicted octanol–water partition coefficient (Wildman–Crippen LogP) is 4.30. The lowest BCUT2D eigenvalue weighted by Gasteiger charge is -2.39. The Kier molecular flexibility index (Phi) is 7.00. The Bertz CT molecular complexity index is 257. The van der Waals surface area contributed by atoms with Crippen LogP contribution in [0.15, 0.2) is 0 Å². The van der Waals surface area contributed by atoms with Crippen molar-refractivity contribution in [1.29, 1.82) is 0 Å². The van der Waals surface area contributed by atoms with E-state index >= 15 is 0 Å². The molecular weight excluding hydrogens is 244 g/mol. The number of nitrogens with one attached hydrogen (secondary N) is 1. The van der Waals surface area contributed by atoms with Gasteiger partial charge in [-0.15, -0.1) is 0 Å². The van der Waals surface area contributed by atoms with Crippen molar-refractivity contribution in [2.24, 2.45) is 11.3 Å². The van der Waals surface area contributed by atoms with Crippen molar-refractivity contribution in [2.45, 2.75) is 78.7 Å². The lowest BCUT2D eigenvalue weighted by Crippen LogP contribution is -2.48. The van der Waals surface area contributed by atoms with Crippen LogP contribution in [0.2, 0.25) is 0 Å². The van der Waals surface area contributed by atoms with Crippen molar-refractivity contribution < 1.29 is 0 Å². The van der Waals surface area contributed by atoms with Crippen LogP contribution in [0.5, 0.6) is 0 Å². The lowest BCUT2D eigenvalue weighted by atomic mass is 9.79. The topological polar surface area (TPSA) is 15.3 Å². The van der Waals surface area contributed by atoms with Crippen LogP contribution < -0.4 is 5.32 Å². The van der Waals surface area contributed by atoms with Gasteiger partial charge in [-0.2, -0.15) is 0 Å². The molecule has 0 aromatic carbocycles. The molecule has 1 aliphatic carbocycles. The maximum Gasteiger partial charge on any atom is 0.00967 e. The molecule has 1 fully saturated rings. The molecule has 0 radical (unpaired) electrons. The van der Waals surface area contributed by atoms with E-state index in [9.17, 15) is 0 Å². The lowest BCUT2D eigenvalue weighted by molar-refractivity contribution is 0.128. The molecule has 1 rings (SSSR count). The summed E-state index contributed by atoms with van der Waals surface area (Å²) in [6.45, 7) is 15.2. The monoisotopic (exact) mass is 282 g/mol. The van der Waals surface area contributed by atoms with Crippen LogP contribution in [0, 0.1) is 11.3 Å². The van der Waals surface area contributed by atoms with Crippen LogP contribution >= 0.6 is 0 Å². The van der Waals surface area contributed by atoms with Crippen LogP contribution in [0.25, 0.3) is 0 Å². The number of nitrogens with zero attached hydrogens (tertiary/aromatic N) is 1. The first kappa shape index (κ1) is 18.0. The second-order valence-corrected chi connectivity index (χ2v) is 8.61. The van der Waals surface area contributed by atoms with Gasteiger partial charge < -0.3 is 10.2 Å². The van der Waals surface area contributed by atoms with E-state index in [2.05, 4.69) is 51.9 Å². The maximum atomic E-state index is 3.79. The molecule has 0 aromatic heterocycles. The molecule has 0 unspecified atom stereocenters. The molecule has 1 saturated carbocycles. The van der Waals surface area contributed by atoms with Crippen molar-refractivity contribution in [3.8, 4) is 0 Å². The number of hydrogen-bond donors (Lipinski definition) is 1. The van der Waals surface area contributed by atoms with Gasteiger partial charge in [0.25, 0.3) is 0 Å². The third-order valence-corrected chi connectivity index (χ3v) is 4.44. The average molecular weight is 283 g/mol. The van der Waals surface area contributed by atoms with E-state index in [1.807, 2.05) is 0 Å². The molecule has 0 spiro atoms. The zero-order valence-electron chi connectivity index (χ0n) is 14.9. The first-order chi connectivity index (χ1) is 9.22. The van der Waals surface area contributed by atoms with Crippen LogP contribution in [0.4, 0.5) is 0 Å². The minimum atomic E-state index is 0.232. The third kappa shape index (κ3) is 7.08. The highest BCUT2D eigenvalue weighted by Gasteiger charge is 2.33. The van der Waals surface area contributed by atoms with Crippen LogP contribution in [-0.4, -0.2) is 37.1 Å². The van der Waals surface area contributed by atoms with Gasteiger partial charge in [-0.25, -0.2) is 0 Å². The normalized spacial score (nSPS) is 20.4. The van der Waals surface area contributed by atoms with Crippen molar-refractivity contribution in [2.75, 3.05) is 26.7 Å². The quantitative estimate of drug-likeness (QED) is 0.731. The first-order valence-corrected chi connectivity index (χ1v) is 8.66. The molecule has 0 amide bonds. The summed E-state index contributed by atoms with van der Waals surface area (Å²) in [5.41, 5.74) is 0.726. The van der Waals surface area contributed by atoms with E-state index in [0.717, 1.165) is 5.92 Å². The fourth-order valence-electron chi connectivity index (χ4n) is 3.58. The fourth-order valence-corrected chi connectivity index (χ4v) is 3.58. The van der Waals surface area contributed by atoms with Crippen molar-refractivity contribution in [1.82, 2.24) is 10.2 Å². The van der Waals surface area contributed by atoms with Gasteiger partial charge in [0.05, 0.1) is 0 Å². The molecular formula is C18H38N2. The Morgan fingerprint density at radius 3 is 2.05 bits per heavy atom. The Labute approximate surface area is 127 Å². The SMILES string of the molecule is CC(C)CN(C)CC1(CNC(C)(C)C)CCCCCC1. The summed E-state index contributed by atoms with van der Waals surface area (Å²) < 4.78 is 0. The highest BCUT2D eigenvalue weighted by Crippen LogP contribution is 2.35. The minimum Gasteiger partial charge on any atom is -0.311 e. The largest absolute Gasteiger partial charge is 0.311 e. The zero-order valence-corrected chi connectivity index (χ0v) is 14.9. The molecule has 0 saturated heterocycles. The van der Waals surface area contributed by atoms with Gasteiger partial charge >= 0.3 is 0 Å². The fraction of sp³-hybridized carbons (Fsp3) is 1.00. The molecule has 2 heteroatoms. The highest BCUT2D eigenvalue weighted by molar-refractivity contribution is 4.88. The van der Waals surface area contributed by atoms with Crippen molar-refractivity contribution >= 4 is 0 Å². The smallest absolute Gasteiger partial charge is 0.00967 e. The highest BCUT2D eigenvalue weighted by atomic mass is 15.1. The molecule has 120 valence electrons. The molecule has 0 aliphatic heterocycles. The van der Waals surface area contributed by atoms with Gasteiger partial charge in [-0.1, -0.05) is 39.5 Å². The Morgan fingerprint density at radius 1 is 1.05 bits per heavy atom. The molecule has 0 heterocycles. The molecule has 2 nitrogen and oxygen atoms in total. The maximum absolute atomic E-state index is 3.79. The summed E-state index contributed by atoms with van der Waals surface area (Å²) in [6.07, 6.45) is 8.51. The second-order valence-electron chi connectivity index (χ2n) is 8.61. The zero-order chi connectivity index (χ0) is 15.2. The van der Waals surface area contributed by atoms with E-state index < -0.39 is 0 Å². The summed E-state index contributed by atoms with van der Waals surface area (Å²) in [5, 5.41) is 3.79. The second kappa shape index (κ2) is 7.79. The van der Waals surface area contributed by atoms with E-state index in [-0.39, 0.29) is 5.54 Å². The first-order valence-electron chi connectivity index (χ1n) is 8.66. The summed E-state index contributed by atoms with van der Waals surface area (Å²) >= 11 is 0. The summed E-state index contributed by atoms with van der Waals surface area (Å²) in [6, 6.07) is 0.